The molecular weight excluding hydrogens is 514 g/mol. The predicted octanol–water partition coefficient (Wildman–Crippen LogP) is 2.35. The van der Waals surface area contributed by atoms with Gasteiger partial charge >= 0.3 is 5.97 Å². The lowest BCUT2D eigenvalue weighted by atomic mass is 10.2. The van der Waals surface area contributed by atoms with Crippen molar-refractivity contribution in [3.63, 3.8) is 0 Å². The Bertz CT molecular complexity index is 1470. The molecule has 0 aliphatic carbocycles. The maximum atomic E-state index is 14.6. The van der Waals surface area contributed by atoms with Gasteiger partial charge in [-0.1, -0.05) is 0 Å². The average molecular weight is 543 g/mol. The molecule has 14 heteroatoms. The summed E-state index contributed by atoms with van der Waals surface area (Å²) in [5.74, 6) is -1.94. The van der Waals surface area contributed by atoms with Crippen LogP contribution in [0.2, 0.25) is 0 Å². The number of carboxylic acids is 1. The zero-order valence-electron chi connectivity index (χ0n) is 21.4. The van der Waals surface area contributed by atoms with Crippen molar-refractivity contribution in [2.24, 2.45) is 0 Å². The largest absolute Gasteiger partial charge is 0.479 e. The fraction of sp³-hybridized carbons (Fsp3) is 0.360. The first-order chi connectivity index (χ1) is 18.7. The van der Waals surface area contributed by atoms with Gasteiger partial charge in [0.25, 0.3) is 0 Å². The van der Waals surface area contributed by atoms with Crippen molar-refractivity contribution in [3.8, 4) is 17.2 Å². The van der Waals surface area contributed by atoms with Gasteiger partial charge in [0.15, 0.2) is 29.1 Å². The Morgan fingerprint density at radius 1 is 1.21 bits per heavy atom. The number of piperazine rings is 1. The van der Waals surface area contributed by atoms with E-state index >= 15 is 0 Å². The maximum Gasteiger partial charge on any atom is 0.344 e. The molecular formula is C25H28F2N8O4. The first-order valence-corrected chi connectivity index (χ1v) is 12.3. The van der Waals surface area contributed by atoms with Gasteiger partial charge in [0.05, 0.1) is 12.0 Å². The normalized spacial score (nSPS) is 15.0. The Kier molecular flexibility index (Phi) is 7.19. The van der Waals surface area contributed by atoms with E-state index in [-0.39, 0.29) is 17.4 Å². The van der Waals surface area contributed by atoms with Crippen LogP contribution in [0.1, 0.15) is 6.92 Å². The first-order valence-electron chi connectivity index (χ1n) is 12.3. The Hall–Kier alpha value is -4.46. The number of carbonyl (C=O) groups is 1. The van der Waals surface area contributed by atoms with Gasteiger partial charge in [-0.05, 0) is 19.1 Å². The van der Waals surface area contributed by atoms with Crippen LogP contribution in [0.4, 0.5) is 26.4 Å². The topological polar surface area (TPSA) is 138 Å². The van der Waals surface area contributed by atoms with Gasteiger partial charge in [0, 0.05) is 64.5 Å². The number of hydrogen-bond donors (Lipinski definition) is 2. The molecule has 1 aliphatic heterocycles. The smallest absolute Gasteiger partial charge is 0.344 e. The van der Waals surface area contributed by atoms with E-state index in [1.165, 1.54) is 17.5 Å². The number of carboxylic acid groups (broad SMARTS) is 1. The summed E-state index contributed by atoms with van der Waals surface area (Å²) in [7, 11) is 1.87. The minimum atomic E-state index is -1.27. The van der Waals surface area contributed by atoms with Crippen LogP contribution in [-0.2, 0) is 4.79 Å². The highest BCUT2D eigenvalue weighted by molar-refractivity contribution is 5.72. The lowest BCUT2D eigenvalue weighted by Crippen LogP contribution is -2.48. The van der Waals surface area contributed by atoms with Crippen molar-refractivity contribution in [2.45, 2.75) is 13.0 Å². The molecule has 0 radical (unpaired) electrons. The molecule has 3 N–H and O–H groups in total. The molecule has 12 nitrogen and oxygen atoms in total. The molecule has 1 aromatic carbocycles. The summed E-state index contributed by atoms with van der Waals surface area (Å²) in [6, 6.07) is 7.30. The van der Waals surface area contributed by atoms with Crippen LogP contribution < -0.4 is 20.3 Å². The highest BCUT2D eigenvalue weighted by Gasteiger charge is 2.24. The summed E-state index contributed by atoms with van der Waals surface area (Å²) in [6.45, 7) is 4.89. The van der Waals surface area contributed by atoms with E-state index in [2.05, 4.69) is 20.0 Å². The number of ether oxygens (including phenoxy) is 1. The third-order valence-electron chi connectivity index (χ3n) is 6.57. The first kappa shape index (κ1) is 26.2. The van der Waals surface area contributed by atoms with Crippen molar-refractivity contribution in [1.29, 1.82) is 0 Å². The van der Waals surface area contributed by atoms with Crippen LogP contribution in [0.25, 0.3) is 17.1 Å². The number of nitrogens with two attached hydrogens (primary N) is 1. The van der Waals surface area contributed by atoms with Crippen molar-refractivity contribution in [3.05, 3.63) is 48.2 Å². The van der Waals surface area contributed by atoms with Crippen LogP contribution in [0, 0.1) is 11.6 Å². The van der Waals surface area contributed by atoms with E-state index in [9.17, 15) is 13.6 Å². The zero-order valence-corrected chi connectivity index (χ0v) is 21.4. The molecule has 4 heterocycles. The molecule has 3 aromatic heterocycles. The fourth-order valence-corrected chi connectivity index (χ4v) is 4.31. The second kappa shape index (κ2) is 10.7. The van der Waals surface area contributed by atoms with Gasteiger partial charge in [-0.25, -0.2) is 13.6 Å². The highest BCUT2D eigenvalue weighted by atomic mass is 19.1. The minimum absolute atomic E-state index is 0.174. The fourth-order valence-electron chi connectivity index (χ4n) is 4.31. The SMILES string of the molecule is CC(Oc1cc(N2CCN(CCN(C)c3nc(N)n4nc(-c5ccco5)cc4n3)CC2)c(F)cc1F)C(=O)O. The van der Waals surface area contributed by atoms with E-state index in [1.54, 1.807) is 29.4 Å². The van der Waals surface area contributed by atoms with Crippen LogP contribution in [0.5, 0.6) is 5.75 Å². The molecule has 0 amide bonds. The number of aliphatic carboxylic acids is 1. The third-order valence-corrected chi connectivity index (χ3v) is 6.57. The summed E-state index contributed by atoms with van der Waals surface area (Å²) in [4.78, 5) is 25.9. The van der Waals surface area contributed by atoms with Crippen LogP contribution in [-0.4, -0.2) is 88.0 Å². The second-order valence-corrected chi connectivity index (χ2v) is 9.24. The summed E-state index contributed by atoms with van der Waals surface area (Å²) in [5, 5.41) is 13.4. The molecule has 0 saturated carbocycles. The molecule has 206 valence electrons. The van der Waals surface area contributed by atoms with E-state index in [0.29, 0.717) is 62.3 Å². The Morgan fingerprint density at radius 2 is 1.97 bits per heavy atom. The number of hydrogen-bond acceptors (Lipinski definition) is 10. The van der Waals surface area contributed by atoms with Crippen LogP contribution in [0.15, 0.2) is 41.0 Å². The molecule has 39 heavy (non-hydrogen) atoms. The van der Waals surface area contributed by atoms with Crippen molar-refractivity contribution >= 4 is 29.2 Å². The van der Waals surface area contributed by atoms with Gasteiger partial charge < -0.3 is 29.8 Å². The quantitative estimate of drug-likeness (QED) is 0.322. The summed E-state index contributed by atoms with van der Waals surface area (Å²) in [5.41, 5.74) is 7.45. The molecule has 5 rings (SSSR count). The molecule has 4 aromatic rings. The van der Waals surface area contributed by atoms with Gasteiger partial charge in [-0.15, -0.1) is 0 Å². The number of anilines is 3. The lowest BCUT2D eigenvalue weighted by molar-refractivity contribution is -0.144. The number of furan rings is 1. The minimum Gasteiger partial charge on any atom is -0.479 e. The number of likely N-dealkylation sites (N-methyl/N-ethyl adjacent to an activating group) is 1. The Morgan fingerprint density at radius 3 is 2.67 bits per heavy atom. The van der Waals surface area contributed by atoms with Crippen molar-refractivity contribution in [1.82, 2.24) is 24.5 Å². The van der Waals surface area contributed by atoms with E-state index < -0.39 is 23.7 Å². The third kappa shape index (κ3) is 5.55. The number of nitrogens with zero attached hydrogens (tertiary/aromatic N) is 7. The van der Waals surface area contributed by atoms with Gasteiger partial charge in [-0.3, -0.25) is 4.90 Å². The molecule has 0 bridgehead atoms. The van der Waals surface area contributed by atoms with E-state index in [1.807, 2.05) is 11.9 Å². The zero-order chi connectivity index (χ0) is 27.7. The van der Waals surface area contributed by atoms with Gasteiger partial charge in [0.2, 0.25) is 11.9 Å². The van der Waals surface area contributed by atoms with Crippen molar-refractivity contribution in [2.75, 3.05) is 61.8 Å². The number of fused-ring (bicyclic) bond motifs is 1. The molecule has 1 fully saturated rings. The van der Waals surface area contributed by atoms with Crippen LogP contribution >= 0.6 is 0 Å². The van der Waals surface area contributed by atoms with Gasteiger partial charge in [-0.2, -0.15) is 19.6 Å². The molecule has 1 aliphatic rings. The molecule has 1 saturated heterocycles. The standard InChI is InChI=1S/C25H28F2N8O4/c1-15(23(36)37)39-21-14-19(16(26)12-17(21)27)34-9-7-33(8-10-34)6-5-32(2)25-29-22-13-18(20-4-3-11-38-20)31-35(22)24(28)30-25/h3-4,11-15H,5-10H2,1-2H3,(H,36,37)(H2,28,29,30). The number of rotatable bonds is 9. The molecule has 1 unspecified atom stereocenters. The number of nitrogen functional groups attached to an aromatic ring is 1. The Labute approximate surface area is 222 Å². The molecule has 1 atom stereocenters. The lowest BCUT2D eigenvalue weighted by Gasteiger charge is -2.37. The Balaban J connectivity index is 1.19. The van der Waals surface area contributed by atoms with Crippen molar-refractivity contribution < 1.29 is 27.8 Å². The van der Waals surface area contributed by atoms with Crippen LogP contribution in [0.3, 0.4) is 0 Å². The summed E-state index contributed by atoms with van der Waals surface area (Å²) in [6.07, 6.45) is 0.302. The summed E-state index contributed by atoms with van der Waals surface area (Å²) >= 11 is 0. The summed E-state index contributed by atoms with van der Waals surface area (Å²) < 4.78 is 40.7. The predicted molar refractivity (Wildman–Crippen MR) is 139 cm³/mol. The van der Waals surface area contributed by atoms with Gasteiger partial charge in [0.1, 0.15) is 11.5 Å². The number of benzene rings is 1. The van der Waals surface area contributed by atoms with E-state index in [0.717, 1.165) is 6.07 Å². The monoisotopic (exact) mass is 542 g/mol. The van der Waals surface area contributed by atoms with E-state index in [4.69, 9.17) is 20.0 Å². The number of aromatic nitrogens is 4. The second-order valence-electron chi connectivity index (χ2n) is 9.24. The highest BCUT2D eigenvalue weighted by Crippen LogP contribution is 2.30. The average Bonchev–Trinajstić information content (AvgIpc) is 3.59. The molecule has 0 spiro atoms. The number of halogens is 2. The maximum absolute atomic E-state index is 14.6.